The number of esters is 1. The zero-order valence-electron chi connectivity index (χ0n) is 10.7. The quantitative estimate of drug-likeness (QED) is 0.802. The average Bonchev–Trinajstić information content (AvgIpc) is 2.91. The summed E-state index contributed by atoms with van der Waals surface area (Å²) in [6.07, 6.45) is -2.11. The molecule has 2 heterocycles. The molecule has 1 aliphatic heterocycles. The van der Waals surface area contributed by atoms with E-state index >= 15 is 0 Å². The van der Waals surface area contributed by atoms with E-state index in [1.807, 2.05) is 0 Å². The van der Waals surface area contributed by atoms with Crippen LogP contribution in [0.25, 0.3) is 0 Å². The van der Waals surface area contributed by atoms with Gasteiger partial charge in [-0.2, -0.15) is 24.9 Å². The van der Waals surface area contributed by atoms with Gasteiger partial charge in [0.25, 0.3) is 0 Å². The van der Waals surface area contributed by atoms with Gasteiger partial charge in [0, 0.05) is 6.20 Å². The first-order valence-corrected chi connectivity index (χ1v) is 7.21. The van der Waals surface area contributed by atoms with Crippen molar-refractivity contribution in [2.75, 3.05) is 12.4 Å². The highest BCUT2D eigenvalue weighted by Crippen LogP contribution is 2.39. The van der Waals surface area contributed by atoms with Crippen molar-refractivity contribution >= 4 is 17.7 Å². The minimum atomic E-state index is -4.71. The van der Waals surface area contributed by atoms with Crippen molar-refractivity contribution in [2.24, 2.45) is 0 Å². The Balaban J connectivity index is 2.40. The lowest BCUT2D eigenvalue weighted by molar-refractivity contribution is -0.142. The van der Waals surface area contributed by atoms with Crippen molar-refractivity contribution < 1.29 is 22.7 Å². The first-order valence-electron chi connectivity index (χ1n) is 6.16. The maximum Gasteiger partial charge on any atom is 0.434 e. The third kappa shape index (κ3) is 3.23. The van der Waals surface area contributed by atoms with E-state index in [2.05, 4.69) is 14.7 Å². The summed E-state index contributed by atoms with van der Waals surface area (Å²) in [5.41, 5.74) is -1.85. The van der Waals surface area contributed by atoms with E-state index in [0.29, 0.717) is 0 Å². The Labute approximate surface area is 118 Å². The molecule has 0 N–H and O–H groups in total. The minimum Gasteiger partial charge on any atom is -0.462 e. The molecule has 0 aromatic carbocycles. The highest BCUT2D eigenvalue weighted by atomic mass is 32.2. The molecule has 0 saturated carbocycles. The molecule has 2 rings (SSSR count). The van der Waals surface area contributed by atoms with Gasteiger partial charge < -0.3 is 4.74 Å². The maximum atomic E-state index is 13.0. The minimum absolute atomic E-state index is 0.00361. The number of aromatic nitrogens is 2. The van der Waals surface area contributed by atoms with Crippen LogP contribution in [-0.2, 0) is 10.9 Å². The number of ether oxygens (including phenoxy) is 1. The Hall–Kier alpha value is -1.31. The maximum absolute atomic E-state index is 13.0. The molecule has 20 heavy (non-hydrogen) atoms. The van der Waals surface area contributed by atoms with Gasteiger partial charge in [-0.3, -0.25) is 0 Å². The van der Waals surface area contributed by atoms with E-state index in [0.717, 1.165) is 24.8 Å². The molecule has 1 unspecified atom stereocenters. The van der Waals surface area contributed by atoms with E-state index in [9.17, 15) is 18.0 Å². The SMILES string of the molecule is CCOC(=O)c1cnc(C2CCCS2)nc1C(F)(F)F. The number of carbonyl (C=O) groups excluding carboxylic acids is 1. The van der Waals surface area contributed by atoms with Gasteiger partial charge in [-0.25, -0.2) is 14.8 Å². The van der Waals surface area contributed by atoms with Crippen LogP contribution in [0.2, 0.25) is 0 Å². The predicted octanol–water partition coefficient (Wildman–Crippen LogP) is 3.24. The molecule has 1 fully saturated rings. The fourth-order valence-corrected chi connectivity index (χ4v) is 3.12. The molecule has 110 valence electrons. The van der Waals surface area contributed by atoms with Crippen molar-refractivity contribution in [3.05, 3.63) is 23.3 Å². The zero-order chi connectivity index (χ0) is 14.8. The molecule has 0 spiro atoms. The lowest BCUT2D eigenvalue weighted by Gasteiger charge is -2.14. The summed E-state index contributed by atoms with van der Waals surface area (Å²) >= 11 is 1.53. The summed E-state index contributed by atoms with van der Waals surface area (Å²) in [6.45, 7) is 1.52. The molecule has 0 radical (unpaired) electrons. The summed E-state index contributed by atoms with van der Waals surface area (Å²) in [6, 6.07) is 0. The number of rotatable bonds is 3. The van der Waals surface area contributed by atoms with Gasteiger partial charge in [-0.15, -0.1) is 0 Å². The van der Waals surface area contributed by atoms with Crippen LogP contribution < -0.4 is 0 Å². The molecule has 1 saturated heterocycles. The number of alkyl halides is 3. The molecule has 0 bridgehead atoms. The van der Waals surface area contributed by atoms with Crippen LogP contribution >= 0.6 is 11.8 Å². The Morgan fingerprint density at radius 2 is 2.30 bits per heavy atom. The van der Waals surface area contributed by atoms with E-state index in [-0.39, 0.29) is 17.7 Å². The highest BCUT2D eigenvalue weighted by molar-refractivity contribution is 7.99. The van der Waals surface area contributed by atoms with Crippen molar-refractivity contribution in [3.63, 3.8) is 0 Å². The summed E-state index contributed by atoms with van der Waals surface area (Å²) in [5.74, 6) is -0.0343. The van der Waals surface area contributed by atoms with E-state index in [4.69, 9.17) is 0 Å². The van der Waals surface area contributed by atoms with Crippen LogP contribution in [0.1, 0.15) is 46.9 Å². The van der Waals surface area contributed by atoms with Gasteiger partial charge in [0.2, 0.25) is 0 Å². The summed E-state index contributed by atoms with van der Waals surface area (Å²) in [5, 5.41) is -0.132. The molecule has 1 aliphatic rings. The molecule has 0 aliphatic carbocycles. The predicted molar refractivity (Wildman–Crippen MR) is 67.4 cm³/mol. The van der Waals surface area contributed by atoms with Gasteiger partial charge in [-0.05, 0) is 25.5 Å². The standard InChI is InChI=1S/C12H13F3N2O2S/c1-2-19-11(18)7-6-16-10(8-4-3-5-20-8)17-9(7)12(13,14)15/h6,8H,2-5H2,1H3. The fourth-order valence-electron chi connectivity index (χ4n) is 1.91. The molecule has 1 atom stereocenters. The number of thioether (sulfide) groups is 1. The van der Waals surface area contributed by atoms with Gasteiger partial charge in [0.15, 0.2) is 5.69 Å². The Bertz CT molecular complexity index is 502. The fraction of sp³-hybridized carbons (Fsp3) is 0.583. The number of halogens is 3. The highest BCUT2D eigenvalue weighted by Gasteiger charge is 2.39. The summed E-state index contributed by atoms with van der Waals surface area (Å²) < 4.78 is 43.6. The first-order chi connectivity index (χ1) is 9.43. The van der Waals surface area contributed by atoms with Gasteiger partial charge in [0.05, 0.1) is 11.9 Å². The average molecular weight is 306 g/mol. The first kappa shape index (κ1) is 15.1. The number of nitrogens with zero attached hydrogens (tertiary/aromatic N) is 2. The number of carbonyl (C=O) groups is 1. The molecule has 8 heteroatoms. The second-order valence-electron chi connectivity index (χ2n) is 4.21. The van der Waals surface area contributed by atoms with Crippen molar-refractivity contribution in [1.29, 1.82) is 0 Å². The Kier molecular flexibility index (Phi) is 4.52. The van der Waals surface area contributed by atoms with Gasteiger partial charge in [0.1, 0.15) is 11.4 Å². The van der Waals surface area contributed by atoms with Gasteiger partial charge >= 0.3 is 12.1 Å². The third-order valence-corrected chi connectivity index (χ3v) is 4.16. The number of hydrogen-bond donors (Lipinski definition) is 0. The van der Waals surface area contributed by atoms with Crippen LogP contribution in [0.5, 0.6) is 0 Å². The van der Waals surface area contributed by atoms with Crippen LogP contribution in [0.15, 0.2) is 6.20 Å². The van der Waals surface area contributed by atoms with Crippen LogP contribution in [-0.4, -0.2) is 28.3 Å². The van der Waals surface area contributed by atoms with Crippen molar-refractivity contribution in [2.45, 2.75) is 31.2 Å². The van der Waals surface area contributed by atoms with Crippen LogP contribution in [0.3, 0.4) is 0 Å². The van der Waals surface area contributed by atoms with Crippen LogP contribution in [0.4, 0.5) is 13.2 Å². The lowest BCUT2D eigenvalue weighted by atomic mass is 10.2. The summed E-state index contributed by atoms with van der Waals surface area (Å²) in [7, 11) is 0. The largest absolute Gasteiger partial charge is 0.462 e. The second kappa shape index (κ2) is 5.99. The van der Waals surface area contributed by atoms with Crippen molar-refractivity contribution in [3.8, 4) is 0 Å². The molecular weight excluding hydrogens is 293 g/mol. The monoisotopic (exact) mass is 306 g/mol. The topological polar surface area (TPSA) is 52.1 Å². The van der Waals surface area contributed by atoms with Gasteiger partial charge in [-0.1, -0.05) is 0 Å². The summed E-state index contributed by atoms with van der Waals surface area (Å²) in [4.78, 5) is 19.0. The van der Waals surface area contributed by atoms with E-state index in [1.54, 1.807) is 0 Å². The second-order valence-corrected chi connectivity index (χ2v) is 5.52. The number of hydrogen-bond acceptors (Lipinski definition) is 5. The molecule has 1 aromatic heterocycles. The molecular formula is C12H13F3N2O2S. The third-order valence-electron chi connectivity index (χ3n) is 2.79. The van der Waals surface area contributed by atoms with Crippen molar-refractivity contribution in [1.82, 2.24) is 9.97 Å². The molecule has 1 aromatic rings. The normalized spacial score (nSPS) is 19.1. The molecule has 4 nitrogen and oxygen atoms in total. The smallest absolute Gasteiger partial charge is 0.434 e. The zero-order valence-corrected chi connectivity index (χ0v) is 11.6. The molecule has 0 amide bonds. The van der Waals surface area contributed by atoms with E-state index in [1.165, 1.54) is 18.7 Å². The Morgan fingerprint density at radius 1 is 1.55 bits per heavy atom. The van der Waals surface area contributed by atoms with Crippen LogP contribution in [0, 0.1) is 0 Å². The Morgan fingerprint density at radius 3 is 2.85 bits per heavy atom. The lowest BCUT2D eigenvalue weighted by Crippen LogP contribution is -2.19. The van der Waals surface area contributed by atoms with E-state index < -0.39 is 23.4 Å².